The lowest BCUT2D eigenvalue weighted by Gasteiger charge is -2.47. The summed E-state index contributed by atoms with van der Waals surface area (Å²) in [5.41, 5.74) is 5.76. The van der Waals surface area contributed by atoms with Crippen LogP contribution in [0.2, 0.25) is 0 Å². The van der Waals surface area contributed by atoms with Gasteiger partial charge in [0, 0.05) is 7.11 Å². The second-order valence-electron chi connectivity index (χ2n) is 10.4. The van der Waals surface area contributed by atoms with E-state index in [1.54, 1.807) is 14.2 Å². The third-order valence-electron chi connectivity index (χ3n) is 7.93. The fourth-order valence-corrected chi connectivity index (χ4v) is 5.39. The third kappa shape index (κ3) is 7.07. The van der Waals surface area contributed by atoms with Crippen LogP contribution < -0.4 is 4.74 Å². The fraction of sp³-hybridized carbons (Fsp3) is 0.600. The second-order valence-corrected chi connectivity index (χ2v) is 10.4. The molecule has 4 atom stereocenters. The van der Waals surface area contributed by atoms with Gasteiger partial charge in [-0.25, -0.2) is 0 Å². The molecule has 1 aromatic carbocycles. The van der Waals surface area contributed by atoms with Gasteiger partial charge in [0.25, 0.3) is 0 Å². The minimum atomic E-state index is -0.701. The number of aliphatic hydroxyl groups is 1. The van der Waals surface area contributed by atoms with E-state index in [1.165, 1.54) is 16.7 Å². The quantitative estimate of drug-likeness (QED) is 0.343. The molecule has 0 saturated heterocycles. The van der Waals surface area contributed by atoms with E-state index >= 15 is 0 Å². The van der Waals surface area contributed by atoms with Gasteiger partial charge < -0.3 is 24.1 Å². The zero-order chi connectivity index (χ0) is 25.4. The molecule has 0 aromatic heterocycles. The number of fused-ring (bicyclic) bond motifs is 1. The molecule has 35 heavy (non-hydrogen) atoms. The average molecular weight is 485 g/mol. The van der Waals surface area contributed by atoms with Crippen LogP contribution in [0.5, 0.6) is 5.75 Å². The molecular formula is C30H44O5. The van der Waals surface area contributed by atoms with Gasteiger partial charge in [-0.05, 0) is 86.1 Å². The van der Waals surface area contributed by atoms with Crippen molar-refractivity contribution in [2.45, 2.75) is 78.6 Å². The minimum Gasteiger partial charge on any atom is -0.497 e. The van der Waals surface area contributed by atoms with Crippen LogP contribution in [0.15, 0.2) is 58.7 Å². The maximum absolute atomic E-state index is 11.5. The Balaban J connectivity index is 1.99. The van der Waals surface area contributed by atoms with Crippen LogP contribution in [-0.4, -0.2) is 44.9 Å². The zero-order valence-corrected chi connectivity index (χ0v) is 22.4. The molecule has 0 radical (unpaired) electrons. The van der Waals surface area contributed by atoms with E-state index < -0.39 is 6.10 Å². The molecule has 1 N–H and O–H groups in total. The van der Waals surface area contributed by atoms with Crippen LogP contribution in [0.4, 0.5) is 0 Å². The number of rotatable bonds is 8. The van der Waals surface area contributed by atoms with E-state index in [1.807, 2.05) is 30.3 Å². The first-order valence-electron chi connectivity index (χ1n) is 12.8. The Kier molecular flexibility index (Phi) is 10.2. The normalized spacial score (nSPS) is 31.0. The summed E-state index contributed by atoms with van der Waals surface area (Å²) in [4.78, 5) is 0. The van der Waals surface area contributed by atoms with Crippen molar-refractivity contribution < 1.29 is 24.1 Å². The molecule has 3 rings (SSSR count). The van der Waals surface area contributed by atoms with E-state index in [9.17, 15) is 5.11 Å². The molecule has 2 bridgehead atoms. The highest BCUT2D eigenvalue weighted by Gasteiger charge is 2.45. The molecule has 5 nitrogen and oxygen atoms in total. The molecule has 0 aliphatic heterocycles. The topological polar surface area (TPSA) is 57.2 Å². The Morgan fingerprint density at radius 2 is 1.77 bits per heavy atom. The van der Waals surface area contributed by atoms with E-state index in [-0.39, 0.29) is 18.3 Å². The molecule has 0 unspecified atom stereocenters. The van der Waals surface area contributed by atoms with Crippen LogP contribution in [0.3, 0.4) is 0 Å². The molecule has 0 amide bonds. The van der Waals surface area contributed by atoms with Gasteiger partial charge in [0.15, 0.2) is 0 Å². The predicted octanol–water partition coefficient (Wildman–Crippen LogP) is 6.37. The van der Waals surface area contributed by atoms with Crippen LogP contribution in [0.25, 0.3) is 0 Å². The average Bonchev–Trinajstić information content (AvgIpc) is 2.84. The zero-order valence-electron chi connectivity index (χ0n) is 22.4. The van der Waals surface area contributed by atoms with Crippen molar-refractivity contribution in [2.24, 2.45) is 11.3 Å². The molecular weight excluding hydrogens is 440 g/mol. The standard InChI is InChI=1S/C30H44O5/c1-21-8-7-9-22(2)16-27(31)29-26(19-34-18-24-10-12-25(33-6)13-11-24)30(4,15-14-21)23(3)17-28(29)35-20-32-5/h8,10-13,16,23,27-28,31H,7,9,14-15,17-20H2,1-6H3/b21-8+,22-16+/t23-,27+,28+,30+/m1/s1. The molecule has 1 aromatic rings. The van der Waals surface area contributed by atoms with Gasteiger partial charge in [-0.1, -0.05) is 49.3 Å². The Hall–Kier alpha value is -1.92. The first-order chi connectivity index (χ1) is 16.8. The van der Waals surface area contributed by atoms with Crippen molar-refractivity contribution in [2.75, 3.05) is 27.6 Å². The highest BCUT2D eigenvalue weighted by atomic mass is 16.7. The van der Waals surface area contributed by atoms with Crippen LogP contribution in [0.1, 0.15) is 65.4 Å². The molecule has 2 aliphatic rings. The van der Waals surface area contributed by atoms with Crippen molar-refractivity contribution in [1.82, 2.24) is 0 Å². The summed E-state index contributed by atoms with van der Waals surface area (Å²) >= 11 is 0. The van der Waals surface area contributed by atoms with Crippen LogP contribution >= 0.6 is 0 Å². The third-order valence-corrected chi connectivity index (χ3v) is 7.93. The number of aliphatic hydroxyl groups excluding tert-OH is 1. The Morgan fingerprint density at radius 3 is 2.46 bits per heavy atom. The maximum atomic E-state index is 11.5. The largest absolute Gasteiger partial charge is 0.497 e. The molecule has 0 fully saturated rings. The molecule has 0 spiro atoms. The van der Waals surface area contributed by atoms with Gasteiger partial charge in [0.1, 0.15) is 12.5 Å². The van der Waals surface area contributed by atoms with Gasteiger partial charge in [-0.3, -0.25) is 0 Å². The predicted molar refractivity (Wildman–Crippen MR) is 140 cm³/mol. The Morgan fingerprint density at radius 1 is 1.03 bits per heavy atom. The monoisotopic (exact) mass is 484 g/mol. The molecule has 5 heteroatoms. The van der Waals surface area contributed by atoms with E-state index in [0.29, 0.717) is 19.1 Å². The lowest BCUT2D eigenvalue weighted by molar-refractivity contribution is -0.0808. The van der Waals surface area contributed by atoms with Crippen molar-refractivity contribution >= 4 is 0 Å². The molecule has 0 heterocycles. The van der Waals surface area contributed by atoms with E-state index in [0.717, 1.165) is 49.0 Å². The van der Waals surface area contributed by atoms with Gasteiger partial charge in [0.05, 0.1) is 32.5 Å². The highest BCUT2D eigenvalue weighted by Crippen LogP contribution is 2.50. The summed E-state index contributed by atoms with van der Waals surface area (Å²) < 4.78 is 23.0. The highest BCUT2D eigenvalue weighted by molar-refractivity contribution is 5.36. The van der Waals surface area contributed by atoms with Crippen molar-refractivity contribution in [3.8, 4) is 5.75 Å². The van der Waals surface area contributed by atoms with E-state index in [4.69, 9.17) is 18.9 Å². The summed E-state index contributed by atoms with van der Waals surface area (Å²) in [5.74, 6) is 1.21. The Labute approximate surface area is 211 Å². The van der Waals surface area contributed by atoms with E-state index in [2.05, 4.69) is 33.8 Å². The summed E-state index contributed by atoms with van der Waals surface area (Å²) in [5, 5.41) is 11.5. The van der Waals surface area contributed by atoms with Gasteiger partial charge in [0.2, 0.25) is 0 Å². The number of allylic oxidation sites excluding steroid dienone is 3. The number of hydrogen-bond acceptors (Lipinski definition) is 5. The lowest BCUT2D eigenvalue weighted by atomic mass is 9.61. The number of ether oxygens (including phenoxy) is 4. The maximum Gasteiger partial charge on any atom is 0.147 e. The second kappa shape index (κ2) is 12.9. The SMILES string of the molecule is COCO[C@H]1C[C@@H](C)[C@]2(C)CC/C(C)=C/CC/C(C)=C/[C@H](O)C1=C2COCc1ccc(OC)cc1. The van der Waals surface area contributed by atoms with Gasteiger partial charge in [-0.2, -0.15) is 0 Å². The number of hydrogen-bond donors (Lipinski definition) is 1. The molecule has 2 aliphatic carbocycles. The summed E-state index contributed by atoms with van der Waals surface area (Å²) in [7, 11) is 3.31. The summed E-state index contributed by atoms with van der Waals surface area (Å²) in [6, 6.07) is 7.97. The Bertz CT molecular complexity index is 913. The number of benzene rings is 1. The smallest absolute Gasteiger partial charge is 0.147 e. The fourth-order valence-electron chi connectivity index (χ4n) is 5.39. The van der Waals surface area contributed by atoms with Crippen molar-refractivity contribution in [3.05, 3.63) is 64.3 Å². The van der Waals surface area contributed by atoms with Crippen molar-refractivity contribution in [1.29, 1.82) is 0 Å². The van der Waals surface area contributed by atoms with Crippen molar-refractivity contribution in [3.63, 3.8) is 0 Å². The van der Waals surface area contributed by atoms with Crippen LogP contribution in [0, 0.1) is 11.3 Å². The molecule has 194 valence electrons. The molecule has 0 saturated carbocycles. The first kappa shape index (κ1) is 27.7. The van der Waals surface area contributed by atoms with Gasteiger partial charge >= 0.3 is 0 Å². The summed E-state index contributed by atoms with van der Waals surface area (Å²) in [6.07, 6.45) is 8.33. The minimum absolute atomic E-state index is 0.0980. The lowest BCUT2D eigenvalue weighted by Crippen LogP contribution is -2.43. The van der Waals surface area contributed by atoms with Crippen LogP contribution in [-0.2, 0) is 20.8 Å². The first-order valence-corrected chi connectivity index (χ1v) is 12.8. The summed E-state index contributed by atoms with van der Waals surface area (Å²) in [6.45, 7) is 10.2. The van der Waals surface area contributed by atoms with Gasteiger partial charge in [-0.15, -0.1) is 0 Å². The number of methoxy groups -OCH3 is 2.